The summed E-state index contributed by atoms with van der Waals surface area (Å²) in [6.45, 7) is 5.20. The summed E-state index contributed by atoms with van der Waals surface area (Å²) in [7, 11) is -3.32. The molecule has 6 nitrogen and oxygen atoms in total. The monoisotopic (exact) mass is 407 g/mol. The molecule has 3 rings (SSSR count). The van der Waals surface area contributed by atoms with Gasteiger partial charge >= 0.3 is 5.97 Å². The van der Waals surface area contributed by atoms with Crippen LogP contribution in [0.25, 0.3) is 5.57 Å². The first-order valence-corrected chi connectivity index (χ1v) is 10.4. The van der Waals surface area contributed by atoms with Crippen molar-refractivity contribution in [3.8, 4) is 5.88 Å². The number of rotatable bonds is 4. The van der Waals surface area contributed by atoms with Gasteiger partial charge in [-0.3, -0.25) is 0 Å². The van der Waals surface area contributed by atoms with Crippen LogP contribution in [0.15, 0.2) is 47.1 Å². The van der Waals surface area contributed by atoms with Gasteiger partial charge in [0.2, 0.25) is 11.6 Å². The van der Waals surface area contributed by atoms with Crippen LogP contribution < -0.4 is 4.74 Å². The molecule has 27 heavy (non-hydrogen) atoms. The number of hydrogen-bond acceptors (Lipinski definition) is 6. The molecule has 0 bridgehead atoms. The number of ether oxygens (including phenoxy) is 2. The van der Waals surface area contributed by atoms with E-state index in [4.69, 9.17) is 21.1 Å². The first kappa shape index (κ1) is 19.4. The second-order valence-electron chi connectivity index (χ2n) is 6.72. The minimum atomic E-state index is -3.32. The Hall–Kier alpha value is -2.38. The number of aryl methyl sites for hydroxylation is 1. The van der Waals surface area contributed by atoms with Crippen LogP contribution in [0.5, 0.6) is 5.88 Å². The van der Waals surface area contributed by atoms with Gasteiger partial charge in [0.05, 0.1) is 21.2 Å². The SMILES string of the molecule is Cc1nc(OC2=C(c3ccc(S(C)(=O)=O)cc3)C(C)(C)OC2=O)ccc1Cl. The van der Waals surface area contributed by atoms with Crippen molar-refractivity contribution in [1.82, 2.24) is 4.98 Å². The molecular weight excluding hydrogens is 390 g/mol. The Morgan fingerprint density at radius 3 is 2.30 bits per heavy atom. The minimum absolute atomic E-state index is 0.0151. The predicted octanol–water partition coefficient (Wildman–Crippen LogP) is 3.57. The van der Waals surface area contributed by atoms with Crippen molar-refractivity contribution in [2.75, 3.05) is 6.26 Å². The van der Waals surface area contributed by atoms with E-state index in [0.717, 1.165) is 6.26 Å². The van der Waals surface area contributed by atoms with Crippen LogP contribution in [-0.4, -0.2) is 31.2 Å². The van der Waals surface area contributed by atoms with Gasteiger partial charge in [-0.1, -0.05) is 23.7 Å². The molecule has 0 fully saturated rings. The van der Waals surface area contributed by atoms with Crippen molar-refractivity contribution in [3.05, 3.63) is 58.4 Å². The number of pyridine rings is 1. The number of cyclic esters (lactones) is 1. The Morgan fingerprint density at radius 2 is 1.74 bits per heavy atom. The lowest BCUT2D eigenvalue weighted by Crippen LogP contribution is -2.22. The zero-order valence-corrected chi connectivity index (χ0v) is 16.8. The third-order valence-electron chi connectivity index (χ3n) is 4.14. The number of benzene rings is 1. The highest BCUT2D eigenvalue weighted by molar-refractivity contribution is 7.90. The maximum absolute atomic E-state index is 12.4. The highest BCUT2D eigenvalue weighted by Gasteiger charge is 2.43. The average molecular weight is 408 g/mol. The lowest BCUT2D eigenvalue weighted by Gasteiger charge is -2.21. The molecule has 2 aromatic rings. The molecule has 0 saturated carbocycles. The van der Waals surface area contributed by atoms with Crippen LogP contribution in [0.4, 0.5) is 0 Å². The van der Waals surface area contributed by atoms with Gasteiger partial charge in [-0.15, -0.1) is 0 Å². The molecular formula is C19H18ClNO5S. The van der Waals surface area contributed by atoms with E-state index in [1.54, 1.807) is 45.0 Å². The Balaban J connectivity index is 2.08. The molecule has 2 heterocycles. The van der Waals surface area contributed by atoms with E-state index in [1.807, 2.05) is 0 Å². The number of aromatic nitrogens is 1. The van der Waals surface area contributed by atoms with E-state index < -0.39 is 21.4 Å². The van der Waals surface area contributed by atoms with Crippen molar-refractivity contribution in [2.24, 2.45) is 0 Å². The standard InChI is InChI=1S/C19H18ClNO5S/c1-11-14(20)9-10-15(21-11)25-17-16(19(2,3)26-18(17)22)12-5-7-13(8-6-12)27(4,23)24/h5-10H,1-4H3. The van der Waals surface area contributed by atoms with Gasteiger partial charge in [0.25, 0.3) is 0 Å². The molecule has 1 aromatic carbocycles. The molecule has 8 heteroatoms. The van der Waals surface area contributed by atoms with Gasteiger partial charge in [0, 0.05) is 12.3 Å². The van der Waals surface area contributed by atoms with Gasteiger partial charge in [-0.2, -0.15) is 0 Å². The lowest BCUT2D eigenvalue weighted by molar-refractivity contribution is -0.145. The van der Waals surface area contributed by atoms with Gasteiger partial charge < -0.3 is 9.47 Å². The molecule has 0 aliphatic carbocycles. The van der Waals surface area contributed by atoms with Crippen molar-refractivity contribution in [2.45, 2.75) is 31.3 Å². The largest absolute Gasteiger partial charge is 0.449 e. The van der Waals surface area contributed by atoms with Crippen molar-refractivity contribution < 1.29 is 22.7 Å². The fourth-order valence-corrected chi connectivity index (χ4v) is 3.56. The summed E-state index contributed by atoms with van der Waals surface area (Å²) in [6.07, 6.45) is 1.14. The Bertz CT molecular complexity index is 1060. The summed E-state index contributed by atoms with van der Waals surface area (Å²) in [4.78, 5) is 16.8. The summed E-state index contributed by atoms with van der Waals surface area (Å²) < 4.78 is 34.5. The van der Waals surface area contributed by atoms with Crippen molar-refractivity contribution in [3.63, 3.8) is 0 Å². The summed E-state index contributed by atoms with van der Waals surface area (Å²) >= 11 is 5.98. The van der Waals surface area contributed by atoms with E-state index in [9.17, 15) is 13.2 Å². The number of esters is 1. The highest BCUT2D eigenvalue weighted by Crippen LogP contribution is 2.40. The molecule has 142 valence electrons. The average Bonchev–Trinajstić information content (AvgIpc) is 2.78. The van der Waals surface area contributed by atoms with E-state index in [2.05, 4.69) is 4.98 Å². The lowest BCUT2D eigenvalue weighted by atomic mass is 9.92. The fraction of sp³-hybridized carbons (Fsp3) is 0.263. The summed E-state index contributed by atoms with van der Waals surface area (Å²) in [6, 6.07) is 9.41. The Kier molecular flexibility index (Phi) is 4.78. The molecule has 0 amide bonds. The number of nitrogens with zero attached hydrogens (tertiary/aromatic N) is 1. The van der Waals surface area contributed by atoms with E-state index in [-0.39, 0.29) is 16.5 Å². The molecule has 1 aliphatic rings. The number of hydrogen-bond donors (Lipinski definition) is 0. The predicted molar refractivity (Wildman–Crippen MR) is 101 cm³/mol. The second kappa shape index (κ2) is 6.65. The van der Waals surface area contributed by atoms with E-state index in [1.165, 1.54) is 12.1 Å². The molecule has 0 unspecified atom stereocenters. The Morgan fingerprint density at radius 1 is 1.11 bits per heavy atom. The molecule has 0 spiro atoms. The normalized spacial score (nSPS) is 16.4. The summed E-state index contributed by atoms with van der Waals surface area (Å²) in [5.41, 5.74) is 0.765. The number of carbonyl (C=O) groups excluding carboxylic acids is 1. The molecule has 0 atom stereocenters. The zero-order chi connectivity index (χ0) is 20.0. The quantitative estimate of drug-likeness (QED) is 0.720. The Labute approximate surface area is 162 Å². The molecule has 0 radical (unpaired) electrons. The first-order chi connectivity index (χ1) is 12.5. The molecule has 0 N–H and O–H groups in total. The van der Waals surface area contributed by atoms with Crippen molar-refractivity contribution in [1.29, 1.82) is 0 Å². The van der Waals surface area contributed by atoms with E-state index >= 15 is 0 Å². The van der Waals surface area contributed by atoms with Gasteiger partial charge in [0.1, 0.15) is 5.60 Å². The van der Waals surface area contributed by atoms with Crippen LogP contribution in [0.1, 0.15) is 25.1 Å². The molecule has 0 saturated heterocycles. The summed E-state index contributed by atoms with van der Waals surface area (Å²) in [5.74, 6) is -0.385. The zero-order valence-electron chi connectivity index (χ0n) is 15.2. The molecule has 1 aromatic heterocycles. The number of sulfone groups is 1. The van der Waals surface area contributed by atoms with Crippen LogP contribution in [-0.2, 0) is 19.4 Å². The minimum Gasteiger partial charge on any atom is -0.449 e. The molecule has 1 aliphatic heterocycles. The maximum atomic E-state index is 12.4. The van der Waals surface area contributed by atoms with Gasteiger partial charge in [-0.25, -0.2) is 18.2 Å². The number of halogens is 1. The van der Waals surface area contributed by atoms with E-state index in [0.29, 0.717) is 21.9 Å². The summed E-state index contributed by atoms with van der Waals surface area (Å²) in [5, 5.41) is 0.488. The third kappa shape index (κ3) is 3.84. The second-order valence-corrected chi connectivity index (χ2v) is 9.14. The van der Waals surface area contributed by atoms with Crippen LogP contribution >= 0.6 is 11.6 Å². The van der Waals surface area contributed by atoms with Crippen LogP contribution in [0.2, 0.25) is 5.02 Å². The van der Waals surface area contributed by atoms with Crippen LogP contribution in [0, 0.1) is 6.92 Å². The van der Waals surface area contributed by atoms with Crippen molar-refractivity contribution >= 4 is 33.0 Å². The smallest absolute Gasteiger partial charge is 0.375 e. The highest BCUT2D eigenvalue weighted by atomic mass is 35.5. The van der Waals surface area contributed by atoms with Gasteiger partial charge in [0.15, 0.2) is 9.84 Å². The first-order valence-electron chi connectivity index (χ1n) is 8.08. The topological polar surface area (TPSA) is 82.6 Å². The van der Waals surface area contributed by atoms with Gasteiger partial charge in [-0.05, 0) is 44.5 Å². The third-order valence-corrected chi connectivity index (χ3v) is 5.66. The maximum Gasteiger partial charge on any atom is 0.375 e. The fourth-order valence-electron chi connectivity index (χ4n) is 2.83. The van der Waals surface area contributed by atoms with Crippen LogP contribution in [0.3, 0.4) is 0 Å². The number of carbonyl (C=O) groups is 1.